The first-order chi connectivity index (χ1) is 8.13. The molecule has 0 unspecified atom stereocenters. The van der Waals surface area contributed by atoms with E-state index in [0.717, 1.165) is 13.0 Å². The lowest BCUT2D eigenvalue weighted by Crippen LogP contribution is -2.42. The Morgan fingerprint density at radius 2 is 2.00 bits per heavy atom. The quantitative estimate of drug-likeness (QED) is 0.865. The van der Waals surface area contributed by atoms with Gasteiger partial charge in [0.25, 0.3) is 0 Å². The van der Waals surface area contributed by atoms with E-state index in [0.29, 0.717) is 0 Å². The van der Waals surface area contributed by atoms with E-state index in [1.807, 2.05) is 0 Å². The molecule has 0 saturated heterocycles. The first-order valence-electron chi connectivity index (χ1n) is 6.64. The zero-order valence-corrected chi connectivity index (χ0v) is 11.3. The molecule has 94 valence electrons. The molecular formula is C15H24N2. The predicted molar refractivity (Wildman–Crippen MR) is 74.7 cm³/mol. The Morgan fingerprint density at radius 3 is 2.41 bits per heavy atom. The molecule has 17 heavy (non-hydrogen) atoms. The maximum Gasteiger partial charge on any atom is 0.0399 e. The summed E-state index contributed by atoms with van der Waals surface area (Å²) in [5.74, 6) is 0. The highest BCUT2D eigenvalue weighted by Crippen LogP contribution is 2.46. The predicted octanol–water partition coefficient (Wildman–Crippen LogP) is 2.70. The van der Waals surface area contributed by atoms with Crippen molar-refractivity contribution in [3.63, 3.8) is 0 Å². The third-order valence-corrected chi connectivity index (χ3v) is 4.22. The van der Waals surface area contributed by atoms with E-state index >= 15 is 0 Å². The van der Waals surface area contributed by atoms with Gasteiger partial charge in [-0.2, -0.15) is 0 Å². The van der Waals surface area contributed by atoms with E-state index in [2.05, 4.69) is 44.1 Å². The average Bonchev–Trinajstić information content (AvgIpc) is 2.28. The summed E-state index contributed by atoms with van der Waals surface area (Å²) in [6, 6.07) is 6.87. The van der Waals surface area contributed by atoms with Crippen molar-refractivity contribution < 1.29 is 0 Å². The fourth-order valence-electron chi connectivity index (χ4n) is 2.80. The van der Waals surface area contributed by atoms with Crippen LogP contribution < -0.4 is 10.6 Å². The van der Waals surface area contributed by atoms with Gasteiger partial charge in [-0.05, 0) is 36.5 Å². The molecule has 0 aromatic heterocycles. The highest BCUT2D eigenvalue weighted by Gasteiger charge is 2.39. The maximum absolute atomic E-state index is 6.04. The van der Waals surface area contributed by atoms with E-state index in [-0.39, 0.29) is 5.41 Å². The molecule has 0 radical (unpaired) electrons. The molecule has 1 aliphatic carbocycles. The first-order valence-corrected chi connectivity index (χ1v) is 6.64. The average molecular weight is 232 g/mol. The second kappa shape index (κ2) is 4.69. The van der Waals surface area contributed by atoms with Crippen LogP contribution in [0.1, 0.15) is 37.3 Å². The second-order valence-electron chi connectivity index (χ2n) is 5.44. The van der Waals surface area contributed by atoms with Gasteiger partial charge in [-0.1, -0.05) is 25.5 Å². The minimum atomic E-state index is 0.255. The van der Waals surface area contributed by atoms with Crippen LogP contribution in [0.3, 0.4) is 0 Å². The number of benzene rings is 1. The summed E-state index contributed by atoms with van der Waals surface area (Å²) in [7, 11) is 4.24. The fraction of sp³-hybridized carbons (Fsp3) is 0.600. The summed E-state index contributed by atoms with van der Waals surface area (Å²) in [6.45, 7) is 2.99. The number of nitrogens with zero attached hydrogens (tertiary/aromatic N) is 1. The number of nitrogens with two attached hydrogens (primary N) is 1. The van der Waals surface area contributed by atoms with Gasteiger partial charge < -0.3 is 10.6 Å². The summed E-state index contributed by atoms with van der Waals surface area (Å²) in [4.78, 5) is 2.21. The van der Waals surface area contributed by atoms with Gasteiger partial charge >= 0.3 is 0 Å². The van der Waals surface area contributed by atoms with Crippen molar-refractivity contribution in [2.24, 2.45) is 5.73 Å². The molecule has 1 aromatic carbocycles. The molecule has 0 atom stereocenters. The molecule has 1 aliphatic rings. The Hall–Kier alpha value is -1.02. The van der Waals surface area contributed by atoms with Gasteiger partial charge in [-0.3, -0.25) is 0 Å². The maximum atomic E-state index is 6.04. The van der Waals surface area contributed by atoms with E-state index in [1.165, 1.54) is 36.1 Å². The number of aryl methyl sites for hydroxylation is 1. The number of rotatable bonds is 4. The van der Waals surface area contributed by atoms with Gasteiger partial charge in [0.1, 0.15) is 0 Å². The summed E-state index contributed by atoms with van der Waals surface area (Å²) in [6.07, 6.45) is 4.91. The van der Waals surface area contributed by atoms with Gasteiger partial charge in [0.2, 0.25) is 0 Å². The second-order valence-corrected chi connectivity index (χ2v) is 5.44. The molecule has 2 heteroatoms. The van der Waals surface area contributed by atoms with Crippen molar-refractivity contribution in [3.05, 3.63) is 29.3 Å². The topological polar surface area (TPSA) is 29.3 Å². The molecule has 0 aliphatic heterocycles. The largest absolute Gasteiger partial charge is 0.377 e. The summed E-state index contributed by atoms with van der Waals surface area (Å²) >= 11 is 0. The monoisotopic (exact) mass is 232 g/mol. The van der Waals surface area contributed by atoms with Crippen LogP contribution >= 0.6 is 0 Å². The van der Waals surface area contributed by atoms with Crippen molar-refractivity contribution in [1.82, 2.24) is 0 Å². The minimum Gasteiger partial charge on any atom is -0.377 e. The van der Waals surface area contributed by atoms with Crippen molar-refractivity contribution in [2.75, 3.05) is 25.5 Å². The number of hydrogen-bond acceptors (Lipinski definition) is 2. The van der Waals surface area contributed by atoms with E-state index in [9.17, 15) is 0 Å². The third-order valence-electron chi connectivity index (χ3n) is 4.22. The lowest BCUT2D eigenvalue weighted by Gasteiger charge is -2.43. The van der Waals surface area contributed by atoms with Crippen molar-refractivity contribution in [1.29, 1.82) is 0 Å². The molecule has 1 aromatic rings. The lowest BCUT2D eigenvalue weighted by atomic mass is 9.63. The first kappa shape index (κ1) is 12.4. The van der Waals surface area contributed by atoms with Crippen molar-refractivity contribution in [2.45, 2.75) is 38.0 Å². The Kier molecular flexibility index (Phi) is 3.43. The molecule has 1 fully saturated rings. The molecule has 0 spiro atoms. The van der Waals surface area contributed by atoms with Gasteiger partial charge in [0.05, 0.1) is 0 Å². The number of hydrogen-bond donors (Lipinski definition) is 1. The molecule has 0 heterocycles. The Balaban J connectivity index is 2.48. The van der Waals surface area contributed by atoms with E-state index < -0.39 is 0 Å². The van der Waals surface area contributed by atoms with Gasteiger partial charge in [0.15, 0.2) is 0 Å². The van der Waals surface area contributed by atoms with E-state index in [4.69, 9.17) is 5.73 Å². The summed E-state index contributed by atoms with van der Waals surface area (Å²) in [5, 5.41) is 0. The van der Waals surface area contributed by atoms with Crippen LogP contribution in [0.4, 0.5) is 5.69 Å². The van der Waals surface area contributed by atoms with Crippen LogP contribution in [0, 0.1) is 0 Å². The van der Waals surface area contributed by atoms with Gasteiger partial charge in [-0.15, -0.1) is 0 Å². The minimum absolute atomic E-state index is 0.255. The highest BCUT2D eigenvalue weighted by molar-refractivity contribution is 5.58. The Labute approximate surface area is 105 Å². The third kappa shape index (κ3) is 2.06. The highest BCUT2D eigenvalue weighted by atomic mass is 15.1. The van der Waals surface area contributed by atoms with Crippen LogP contribution in [0.2, 0.25) is 0 Å². The summed E-state index contributed by atoms with van der Waals surface area (Å²) in [5.41, 5.74) is 10.5. The molecule has 2 rings (SSSR count). The molecule has 0 bridgehead atoms. The van der Waals surface area contributed by atoms with Crippen molar-refractivity contribution >= 4 is 5.69 Å². The lowest BCUT2D eigenvalue weighted by molar-refractivity contribution is 0.253. The zero-order valence-electron chi connectivity index (χ0n) is 11.3. The fourth-order valence-corrected chi connectivity index (χ4v) is 2.80. The number of anilines is 1. The smallest absolute Gasteiger partial charge is 0.0399 e. The van der Waals surface area contributed by atoms with Crippen molar-refractivity contribution in [3.8, 4) is 0 Å². The van der Waals surface area contributed by atoms with Gasteiger partial charge in [-0.25, -0.2) is 0 Å². The molecule has 2 nitrogen and oxygen atoms in total. The molecule has 1 saturated carbocycles. The Morgan fingerprint density at radius 1 is 1.29 bits per heavy atom. The molecule has 2 N–H and O–H groups in total. The van der Waals surface area contributed by atoms with Crippen LogP contribution in [-0.4, -0.2) is 20.6 Å². The SMILES string of the molecule is CCc1ccc(N(C)C)c(C2(CN)CCC2)c1. The van der Waals surface area contributed by atoms with Gasteiger partial charge in [0, 0.05) is 31.7 Å². The Bertz CT molecular complexity index is 386. The normalized spacial score (nSPS) is 17.6. The van der Waals surface area contributed by atoms with Crippen LogP contribution in [0.15, 0.2) is 18.2 Å². The molecule has 0 amide bonds. The van der Waals surface area contributed by atoms with E-state index in [1.54, 1.807) is 0 Å². The van der Waals surface area contributed by atoms with Crippen LogP contribution in [0.5, 0.6) is 0 Å². The van der Waals surface area contributed by atoms with Crippen LogP contribution in [0.25, 0.3) is 0 Å². The zero-order chi connectivity index (χ0) is 12.5. The summed E-state index contributed by atoms with van der Waals surface area (Å²) < 4.78 is 0. The molecular weight excluding hydrogens is 208 g/mol. The standard InChI is InChI=1S/C15H24N2/c1-4-12-6-7-14(17(2)3)13(10-12)15(11-16)8-5-9-15/h6-7,10H,4-5,8-9,11,16H2,1-3H3. The van der Waals surface area contributed by atoms with Crippen LogP contribution in [-0.2, 0) is 11.8 Å².